The first kappa shape index (κ1) is 16.2. The molecule has 4 rings (SSSR count). The van der Waals surface area contributed by atoms with Crippen molar-refractivity contribution in [2.75, 3.05) is 13.1 Å². The van der Waals surface area contributed by atoms with Crippen LogP contribution in [0.3, 0.4) is 0 Å². The number of sulfone groups is 1. The number of hydrogen-bond acceptors (Lipinski definition) is 3. The monoisotopic (exact) mass is 362 g/mol. The highest BCUT2D eigenvalue weighted by molar-refractivity contribution is 7.91. The van der Waals surface area contributed by atoms with Crippen LogP contribution in [0.4, 0.5) is 8.78 Å². The predicted molar refractivity (Wildman–Crippen MR) is 90.3 cm³/mol. The van der Waals surface area contributed by atoms with Gasteiger partial charge in [-0.15, -0.1) is 0 Å². The first-order valence-corrected chi connectivity index (χ1v) is 9.47. The topological polar surface area (TPSA) is 51.1 Å². The van der Waals surface area contributed by atoms with Crippen molar-refractivity contribution in [3.05, 3.63) is 60.3 Å². The zero-order valence-corrected chi connectivity index (χ0v) is 14.1. The predicted octanol–water partition coefficient (Wildman–Crippen LogP) is 3.29. The fourth-order valence-corrected chi connectivity index (χ4v) is 4.88. The highest BCUT2D eigenvalue weighted by Gasteiger charge is 2.28. The van der Waals surface area contributed by atoms with Gasteiger partial charge in [-0.2, -0.15) is 0 Å². The summed E-state index contributed by atoms with van der Waals surface area (Å²) >= 11 is 0. The zero-order chi connectivity index (χ0) is 17.6. The Hall–Kier alpha value is -2.25. The van der Waals surface area contributed by atoms with Crippen LogP contribution in [0, 0.1) is 11.6 Å². The maximum atomic E-state index is 14.5. The number of halogens is 2. The van der Waals surface area contributed by atoms with E-state index in [0.717, 1.165) is 19.0 Å². The van der Waals surface area contributed by atoms with Crippen molar-refractivity contribution in [3.8, 4) is 0 Å². The molecular formula is C18H16F2N2O2S. The number of benzene rings is 2. The van der Waals surface area contributed by atoms with Crippen LogP contribution < -0.4 is 5.32 Å². The first-order chi connectivity index (χ1) is 12.0. The van der Waals surface area contributed by atoms with E-state index in [0.29, 0.717) is 12.1 Å². The van der Waals surface area contributed by atoms with Gasteiger partial charge in [-0.3, -0.25) is 0 Å². The summed E-state index contributed by atoms with van der Waals surface area (Å²) in [6.07, 6.45) is 2.31. The molecule has 0 saturated carbocycles. The summed E-state index contributed by atoms with van der Waals surface area (Å²) in [5.74, 6) is -1.25. The van der Waals surface area contributed by atoms with E-state index in [1.165, 1.54) is 30.5 Å². The highest BCUT2D eigenvalue weighted by Crippen LogP contribution is 2.34. The molecule has 3 aromatic rings. The van der Waals surface area contributed by atoms with E-state index >= 15 is 0 Å². The van der Waals surface area contributed by atoms with Crippen LogP contribution in [0.25, 0.3) is 10.9 Å². The smallest absolute Gasteiger partial charge is 0.208 e. The van der Waals surface area contributed by atoms with Crippen LogP contribution >= 0.6 is 0 Å². The second-order valence-electron chi connectivity index (χ2n) is 6.14. The van der Waals surface area contributed by atoms with Crippen molar-refractivity contribution in [1.82, 2.24) is 9.88 Å². The maximum Gasteiger partial charge on any atom is 0.208 e. The molecule has 1 aromatic heterocycles. The Morgan fingerprint density at radius 3 is 2.64 bits per heavy atom. The fourth-order valence-electron chi connectivity index (χ4n) is 3.38. The summed E-state index contributed by atoms with van der Waals surface area (Å²) in [5, 5.41) is 3.28. The molecule has 1 fully saturated rings. The molecule has 4 nitrogen and oxygen atoms in total. The molecule has 1 saturated heterocycles. The lowest BCUT2D eigenvalue weighted by atomic mass is 10.2. The molecule has 2 heterocycles. The molecule has 0 amide bonds. The zero-order valence-electron chi connectivity index (χ0n) is 13.2. The van der Waals surface area contributed by atoms with Crippen molar-refractivity contribution in [3.63, 3.8) is 0 Å². The summed E-state index contributed by atoms with van der Waals surface area (Å²) in [6, 6.07) is 9.35. The molecule has 1 aliphatic heterocycles. The lowest BCUT2D eigenvalue weighted by Crippen LogP contribution is -2.12. The molecule has 7 heteroatoms. The molecule has 1 aliphatic rings. The van der Waals surface area contributed by atoms with E-state index in [1.54, 1.807) is 12.1 Å². The second-order valence-corrected chi connectivity index (χ2v) is 8.06. The van der Waals surface area contributed by atoms with E-state index in [2.05, 4.69) is 5.32 Å². The molecule has 2 aromatic carbocycles. The molecule has 0 bridgehead atoms. The summed E-state index contributed by atoms with van der Waals surface area (Å²) in [6.45, 7) is 1.52. The van der Waals surface area contributed by atoms with Crippen LogP contribution in [0.15, 0.2) is 58.5 Å². The van der Waals surface area contributed by atoms with Crippen LogP contribution in [0.5, 0.6) is 0 Å². The van der Waals surface area contributed by atoms with Crippen LogP contribution in [0.2, 0.25) is 0 Å². The lowest BCUT2D eigenvalue weighted by molar-refractivity contribution is 0.560. The minimum atomic E-state index is -4.04. The van der Waals surface area contributed by atoms with Gasteiger partial charge < -0.3 is 9.88 Å². The van der Waals surface area contributed by atoms with Gasteiger partial charge in [0.1, 0.15) is 16.5 Å². The minimum absolute atomic E-state index is 0.0543. The highest BCUT2D eigenvalue weighted by atomic mass is 32.2. The largest absolute Gasteiger partial charge is 0.342 e. The van der Waals surface area contributed by atoms with Crippen LogP contribution in [-0.2, 0) is 9.84 Å². The van der Waals surface area contributed by atoms with Gasteiger partial charge in [-0.25, -0.2) is 17.2 Å². The molecule has 0 spiro atoms. The normalized spacial score (nSPS) is 18.1. The molecule has 1 unspecified atom stereocenters. The quantitative estimate of drug-likeness (QED) is 0.778. The van der Waals surface area contributed by atoms with Crippen molar-refractivity contribution < 1.29 is 17.2 Å². The number of rotatable bonds is 3. The van der Waals surface area contributed by atoms with E-state index in [4.69, 9.17) is 0 Å². The first-order valence-electron chi connectivity index (χ1n) is 7.99. The van der Waals surface area contributed by atoms with Gasteiger partial charge in [0.2, 0.25) is 9.84 Å². The third kappa shape index (κ3) is 2.63. The Balaban J connectivity index is 1.98. The van der Waals surface area contributed by atoms with Gasteiger partial charge in [-0.05, 0) is 43.3 Å². The van der Waals surface area contributed by atoms with E-state index in [1.807, 2.05) is 4.57 Å². The van der Waals surface area contributed by atoms with Gasteiger partial charge in [0, 0.05) is 18.8 Å². The Morgan fingerprint density at radius 1 is 1.12 bits per heavy atom. The van der Waals surface area contributed by atoms with E-state index in [-0.39, 0.29) is 21.2 Å². The maximum absolute atomic E-state index is 14.5. The van der Waals surface area contributed by atoms with Crippen molar-refractivity contribution in [2.24, 2.45) is 0 Å². The fraction of sp³-hybridized carbons (Fsp3) is 0.222. The van der Waals surface area contributed by atoms with Crippen molar-refractivity contribution in [1.29, 1.82) is 0 Å². The van der Waals surface area contributed by atoms with Gasteiger partial charge in [0.05, 0.1) is 15.8 Å². The average Bonchev–Trinajstić information content (AvgIpc) is 3.23. The number of aromatic nitrogens is 1. The Bertz CT molecular complexity index is 1050. The average molecular weight is 362 g/mol. The summed E-state index contributed by atoms with van der Waals surface area (Å²) < 4.78 is 55.9. The van der Waals surface area contributed by atoms with Gasteiger partial charge >= 0.3 is 0 Å². The molecular weight excluding hydrogens is 346 g/mol. The molecule has 1 atom stereocenters. The SMILES string of the molecule is O=S(=O)(c1cccc(F)c1)c1cn(C2CCNC2)c2cccc(F)c12. The van der Waals surface area contributed by atoms with Crippen molar-refractivity contribution >= 4 is 20.7 Å². The summed E-state index contributed by atoms with van der Waals surface area (Å²) in [4.78, 5) is -0.308. The van der Waals surface area contributed by atoms with E-state index < -0.39 is 21.5 Å². The molecule has 0 aliphatic carbocycles. The number of nitrogens with one attached hydrogen (secondary N) is 1. The lowest BCUT2D eigenvalue weighted by Gasteiger charge is -2.12. The molecule has 25 heavy (non-hydrogen) atoms. The minimum Gasteiger partial charge on any atom is -0.342 e. The number of nitrogens with zero attached hydrogens (tertiary/aromatic N) is 1. The molecule has 0 radical (unpaired) electrons. The third-order valence-electron chi connectivity index (χ3n) is 4.60. The Kier molecular flexibility index (Phi) is 3.85. The van der Waals surface area contributed by atoms with Gasteiger partial charge in [-0.1, -0.05) is 12.1 Å². The van der Waals surface area contributed by atoms with Gasteiger partial charge in [0.15, 0.2) is 0 Å². The van der Waals surface area contributed by atoms with Crippen LogP contribution in [-0.4, -0.2) is 26.1 Å². The standard InChI is InChI=1S/C18H16F2N2O2S/c19-12-3-1-4-14(9-12)25(23,24)17-11-22(13-7-8-21-10-13)16-6-2-5-15(20)18(16)17/h1-6,9,11,13,21H,7-8,10H2. The van der Waals surface area contributed by atoms with Crippen LogP contribution in [0.1, 0.15) is 12.5 Å². The number of fused-ring (bicyclic) bond motifs is 1. The molecule has 130 valence electrons. The van der Waals surface area contributed by atoms with Gasteiger partial charge in [0.25, 0.3) is 0 Å². The third-order valence-corrected chi connectivity index (χ3v) is 6.36. The van der Waals surface area contributed by atoms with Crippen molar-refractivity contribution in [2.45, 2.75) is 22.3 Å². The summed E-state index contributed by atoms with van der Waals surface area (Å²) in [5.41, 5.74) is 0.531. The Labute approximate surface area is 144 Å². The van der Waals surface area contributed by atoms with E-state index in [9.17, 15) is 17.2 Å². The number of hydrogen-bond donors (Lipinski definition) is 1. The molecule has 1 N–H and O–H groups in total. The second kappa shape index (κ2) is 5.93. The Morgan fingerprint density at radius 2 is 1.92 bits per heavy atom. The summed E-state index contributed by atoms with van der Waals surface area (Å²) in [7, 11) is -4.04.